The van der Waals surface area contributed by atoms with Crippen LogP contribution in [0.5, 0.6) is 0 Å². The minimum Gasteiger partial charge on any atom is -0.341 e. The number of anilines is 2. The fourth-order valence-corrected chi connectivity index (χ4v) is 4.45. The highest BCUT2D eigenvalue weighted by Gasteiger charge is 2.23. The van der Waals surface area contributed by atoms with Crippen LogP contribution in [-0.4, -0.2) is 44.4 Å². The van der Waals surface area contributed by atoms with Crippen molar-refractivity contribution in [2.75, 3.05) is 29.1 Å². The lowest BCUT2D eigenvalue weighted by atomic mass is 10.3. The average Bonchev–Trinajstić information content (AvgIpc) is 3.43. The zero-order chi connectivity index (χ0) is 22.7. The maximum atomic E-state index is 12.5. The van der Waals surface area contributed by atoms with Crippen molar-refractivity contribution in [2.45, 2.75) is 18.0 Å². The van der Waals surface area contributed by atoms with Crippen LogP contribution in [-0.2, 0) is 4.79 Å². The molecular formula is C20H18Cl2N6O3S. The van der Waals surface area contributed by atoms with Gasteiger partial charge in [-0.15, -0.1) is 10.2 Å². The monoisotopic (exact) mass is 492 g/mol. The van der Waals surface area contributed by atoms with Crippen LogP contribution in [0.2, 0.25) is 10.0 Å². The predicted molar refractivity (Wildman–Crippen MR) is 125 cm³/mol. The molecule has 0 saturated carbocycles. The van der Waals surface area contributed by atoms with E-state index in [9.17, 15) is 14.9 Å². The number of non-ortho nitro benzene ring substituents is 1. The molecule has 1 aliphatic rings. The van der Waals surface area contributed by atoms with Gasteiger partial charge in [-0.3, -0.25) is 19.5 Å². The standard InChI is InChI=1S/C20H18Cl2N6O3S/c21-13-4-3-5-14(10-13)27-19(26-8-1-2-9-26)24-25-20(27)32-12-18(29)23-17-11-15(28(30)31)6-7-16(17)22/h3-7,10-11H,1-2,8-9,12H2,(H,23,29). The molecule has 1 amide bonds. The van der Waals surface area contributed by atoms with Gasteiger partial charge in [0.1, 0.15) is 0 Å². The van der Waals surface area contributed by atoms with E-state index in [-0.39, 0.29) is 28.1 Å². The highest BCUT2D eigenvalue weighted by molar-refractivity contribution is 7.99. The molecule has 12 heteroatoms. The van der Waals surface area contributed by atoms with Crippen LogP contribution in [0.3, 0.4) is 0 Å². The fraction of sp³-hybridized carbons (Fsp3) is 0.250. The summed E-state index contributed by atoms with van der Waals surface area (Å²) in [6.07, 6.45) is 2.16. The first-order chi connectivity index (χ1) is 15.4. The van der Waals surface area contributed by atoms with E-state index >= 15 is 0 Å². The molecule has 1 saturated heterocycles. The second-order valence-corrected chi connectivity index (χ2v) is 8.84. The molecule has 0 bridgehead atoms. The van der Waals surface area contributed by atoms with Crippen LogP contribution in [0.1, 0.15) is 12.8 Å². The van der Waals surface area contributed by atoms with Crippen LogP contribution in [0, 0.1) is 10.1 Å². The van der Waals surface area contributed by atoms with Crippen molar-refractivity contribution in [1.82, 2.24) is 14.8 Å². The van der Waals surface area contributed by atoms with Gasteiger partial charge < -0.3 is 10.2 Å². The number of aromatic nitrogens is 3. The largest absolute Gasteiger partial charge is 0.341 e. The number of hydrogen-bond donors (Lipinski definition) is 1. The first kappa shape index (κ1) is 22.4. The molecule has 1 N–H and O–H groups in total. The third kappa shape index (κ3) is 4.98. The molecule has 0 radical (unpaired) electrons. The summed E-state index contributed by atoms with van der Waals surface area (Å²) in [5.41, 5.74) is 0.822. The summed E-state index contributed by atoms with van der Waals surface area (Å²) < 4.78 is 1.88. The molecule has 166 valence electrons. The molecule has 1 aromatic heterocycles. The first-order valence-electron chi connectivity index (χ1n) is 9.75. The molecule has 9 nitrogen and oxygen atoms in total. The summed E-state index contributed by atoms with van der Waals surface area (Å²) in [6.45, 7) is 1.77. The van der Waals surface area contributed by atoms with Crippen LogP contribution >= 0.6 is 35.0 Å². The van der Waals surface area contributed by atoms with E-state index in [0.29, 0.717) is 16.1 Å². The fourth-order valence-electron chi connectivity index (χ4n) is 3.36. The molecule has 1 aliphatic heterocycles. The lowest BCUT2D eigenvalue weighted by Gasteiger charge is -2.18. The van der Waals surface area contributed by atoms with E-state index in [1.807, 2.05) is 22.8 Å². The molecule has 32 heavy (non-hydrogen) atoms. The van der Waals surface area contributed by atoms with Gasteiger partial charge in [-0.25, -0.2) is 0 Å². The minimum atomic E-state index is -0.548. The van der Waals surface area contributed by atoms with Crippen molar-refractivity contribution in [3.05, 3.63) is 62.6 Å². The van der Waals surface area contributed by atoms with Gasteiger partial charge in [-0.1, -0.05) is 41.0 Å². The molecule has 0 atom stereocenters. The van der Waals surface area contributed by atoms with Gasteiger partial charge in [-0.2, -0.15) is 0 Å². The van der Waals surface area contributed by atoms with E-state index in [1.165, 1.54) is 30.0 Å². The van der Waals surface area contributed by atoms with E-state index < -0.39 is 4.92 Å². The van der Waals surface area contributed by atoms with Gasteiger partial charge in [0, 0.05) is 30.2 Å². The van der Waals surface area contributed by atoms with Gasteiger partial charge in [0.05, 0.1) is 27.1 Å². The number of hydrogen-bond acceptors (Lipinski definition) is 7. The van der Waals surface area contributed by atoms with Gasteiger partial charge >= 0.3 is 0 Å². The molecule has 0 spiro atoms. The van der Waals surface area contributed by atoms with Gasteiger partial charge in [0.2, 0.25) is 11.9 Å². The van der Waals surface area contributed by atoms with Crippen molar-refractivity contribution >= 4 is 58.2 Å². The topological polar surface area (TPSA) is 106 Å². The normalized spacial score (nSPS) is 13.4. The van der Waals surface area contributed by atoms with Crippen LogP contribution in [0.4, 0.5) is 17.3 Å². The molecule has 1 fully saturated rings. The van der Waals surface area contributed by atoms with Crippen LogP contribution < -0.4 is 10.2 Å². The van der Waals surface area contributed by atoms with Gasteiger partial charge in [-0.05, 0) is 37.1 Å². The van der Waals surface area contributed by atoms with E-state index in [1.54, 1.807) is 6.07 Å². The lowest BCUT2D eigenvalue weighted by molar-refractivity contribution is -0.384. The molecule has 2 heterocycles. The van der Waals surface area contributed by atoms with Gasteiger partial charge in [0.15, 0.2) is 5.16 Å². The molecule has 4 rings (SSSR count). The van der Waals surface area contributed by atoms with Crippen molar-refractivity contribution in [3.8, 4) is 5.69 Å². The summed E-state index contributed by atoms with van der Waals surface area (Å²) in [6, 6.07) is 11.2. The Morgan fingerprint density at radius 1 is 1.16 bits per heavy atom. The molecule has 3 aromatic rings. The Bertz CT molecular complexity index is 1170. The van der Waals surface area contributed by atoms with E-state index in [2.05, 4.69) is 20.4 Å². The molecule has 2 aromatic carbocycles. The number of halogens is 2. The van der Waals surface area contributed by atoms with E-state index in [0.717, 1.165) is 31.6 Å². The second kappa shape index (κ2) is 9.76. The summed E-state index contributed by atoms with van der Waals surface area (Å²) in [5, 5.41) is 23.6. The number of nitro groups is 1. The Hall–Kier alpha value is -2.82. The van der Waals surface area contributed by atoms with Crippen molar-refractivity contribution < 1.29 is 9.72 Å². The third-order valence-corrected chi connectivity index (χ3v) is 6.33. The maximum absolute atomic E-state index is 12.5. The summed E-state index contributed by atoms with van der Waals surface area (Å²) >= 11 is 13.5. The number of nitrogens with one attached hydrogen (secondary N) is 1. The molecular weight excluding hydrogens is 475 g/mol. The first-order valence-corrected chi connectivity index (χ1v) is 11.5. The number of rotatable bonds is 7. The smallest absolute Gasteiger partial charge is 0.271 e. The summed E-state index contributed by atoms with van der Waals surface area (Å²) in [7, 11) is 0. The lowest BCUT2D eigenvalue weighted by Crippen LogP contribution is -2.22. The highest BCUT2D eigenvalue weighted by atomic mass is 35.5. The SMILES string of the molecule is O=C(CSc1nnc(N2CCCC2)n1-c1cccc(Cl)c1)Nc1cc([N+](=O)[O-])ccc1Cl. The Balaban J connectivity index is 1.54. The van der Waals surface area contributed by atoms with Gasteiger partial charge in [0.25, 0.3) is 5.69 Å². The van der Waals surface area contributed by atoms with Crippen molar-refractivity contribution in [1.29, 1.82) is 0 Å². The predicted octanol–water partition coefficient (Wildman–Crippen LogP) is 4.81. The summed E-state index contributed by atoms with van der Waals surface area (Å²) in [4.78, 5) is 25.1. The quantitative estimate of drug-likeness (QED) is 0.286. The second-order valence-electron chi connectivity index (χ2n) is 7.05. The zero-order valence-electron chi connectivity index (χ0n) is 16.7. The molecule has 0 aliphatic carbocycles. The van der Waals surface area contributed by atoms with Crippen molar-refractivity contribution in [2.24, 2.45) is 0 Å². The number of nitrogens with zero attached hydrogens (tertiary/aromatic N) is 5. The third-order valence-electron chi connectivity index (χ3n) is 4.84. The minimum absolute atomic E-state index is 0.0116. The van der Waals surface area contributed by atoms with Crippen LogP contribution in [0.25, 0.3) is 5.69 Å². The Morgan fingerprint density at radius 2 is 1.94 bits per heavy atom. The maximum Gasteiger partial charge on any atom is 0.271 e. The number of benzene rings is 2. The zero-order valence-corrected chi connectivity index (χ0v) is 19.0. The molecule has 0 unspecified atom stereocenters. The van der Waals surface area contributed by atoms with Crippen LogP contribution in [0.15, 0.2) is 47.6 Å². The number of amides is 1. The highest BCUT2D eigenvalue weighted by Crippen LogP contribution is 2.30. The number of thioether (sulfide) groups is 1. The Labute approximate surface area is 197 Å². The Kier molecular flexibility index (Phi) is 6.83. The number of carbonyl (C=O) groups is 1. The number of carbonyl (C=O) groups excluding carboxylic acids is 1. The average molecular weight is 493 g/mol. The van der Waals surface area contributed by atoms with Crippen molar-refractivity contribution in [3.63, 3.8) is 0 Å². The summed E-state index contributed by atoms with van der Waals surface area (Å²) in [5.74, 6) is 0.340. The van der Waals surface area contributed by atoms with E-state index in [4.69, 9.17) is 23.2 Å². The Morgan fingerprint density at radius 3 is 2.66 bits per heavy atom. The number of nitro benzene ring substituents is 1.